The van der Waals surface area contributed by atoms with E-state index in [1.165, 1.54) is 0 Å². The third-order valence-corrected chi connectivity index (χ3v) is 4.71. The molecule has 1 amide bonds. The predicted molar refractivity (Wildman–Crippen MR) is 99.1 cm³/mol. The van der Waals surface area contributed by atoms with Gasteiger partial charge in [-0.05, 0) is 49.6 Å². The van der Waals surface area contributed by atoms with Crippen LogP contribution in [0, 0.1) is 0 Å². The first-order valence-corrected chi connectivity index (χ1v) is 9.45. The van der Waals surface area contributed by atoms with Gasteiger partial charge in [-0.2, -0.15) is 11.8 Å². The number of hydrogen-bond acceptors (Lipinski definition) is 3. The number of carbonyl (C=O) groups is 1. The van der Waals surface area contributed by atoms with E-state index in [-0.39, 0.29) is 18.0 Å². The Morgan fingerprint density at radius 2 is 2.04 bits per heavy atom. The van der Waals surface area contributed by atoms with E-state index < -0.39 is 0 Å². The lowest BCUT2D eigenvalue weighted by Crippen LogP contribution is -2.34. The molecule has 2 atom stereocenters. The van der Waals surface area contributed by atoms with Crippen molar-refractivity contribution >= 4 is 28.7 Å². The number of aromatic amines is 1. The highest BCUT2D eigenvalue weighted by atomic mass is 32.2. The van der Waals surface area contributed by atoms with Crippen LogP contribution in [-0.2, 0) is 4.79 Å². The van der Waals surface area contributed by atoms with Gasteiger partial charge in [0.15, 0.2) is 0 Å². The number of rotatable bonds is 7. The molecule has 3 rings (SSSR count). The summed E-state index contributed by atoms with van der Waals surface area (Å²) in [5.41, 5.74) is 1.90. The van der Waals surface area contributed by atoms with E-state index >= 15 is 0 Å². The van der Waals surface area contributed by atoms with Crippen LogP contribution in [0.1, 0.15) is 31.3 Å². The predicted octanol–water partition coefficient (Wildman–Crippen LogP) is 3.54. The number of aromatic nitrogens is 3. The number of benzene rings is 1. The Kier molecular flexibility index (Phi) is 5.25. The van der Waals surface area contributed by atoms with E-state index in [0.29, 0.717) is 0 Å². The minimum Gasteiger partial charge on any atom is -0.345 e. The van der Waals surface area contributed by atoms with E-state index in [4.69, 9.17) is 0 Å². The average molecular weight is 342 g/mol. The molecule has 0 aliphatic carbocycles. The SMILES string of the molecule is CSCC[C@H](C(=O)N[C@@H](C)c1nc2ccccc2[nH]1)n1cccc1. The summed E-state index contributed by atoms with van der Waals surface area (Å²) in [7, 11) is 0. The fraction of sp³-hybridized carbons (Fsp3) is 0.333. The van der Waals surface area contributed by atoms with Crippen LogP contribution < -0.4 is 5.32 Å². The van der Waals surface area contributed by atoms with Crippen molar-refractivity contribution in [3.8, 4) is 0 Å². The van der Waals surface area contributed by atoms with Crippen molar-refractivity contribution in [2.24, 2.45) is 0 Å². The van der Waals surface area contributed by atoms with Gasteiger partial charge >= 0.3 is 0 Å². The number of thioether (sulfide) groups is 1. The molecular weight excluding hydrogens is 320 g/mol. The summed E-state index contributed by atoms with van der Waals surface area (Å²) in [6.45, 7) is 1.96. The van der Waals surface area contributed by atoms with Crippen LogP contribution in [0.4, 0.5) is 0 Å². The van der Waals surface area contributed by atoms with Crippen LogP contribution in [0.2, 0.25) is 0 Å². The summed E-state index contributed by atoms with van der Waals surface area (Å²) >= 11 is 1.75. The summed E-state index contributed by atoms with van der Waals surface area (Å²) in [5.74, 6) is 1.74. The largest absolute Gasteiger partial charge is 0.345 e. The first-order valence-electron chi connectivity index (χ1n) is 8.05. The molecule has 2 aromatic heterocycles. The van der Waals surface area contributed by atoms with E-state index in [1.54, 1.807) is 11.8 Å². The van der Waals surface area contributed by atoms with Gasteiger partial charge in [-0.15, -0.1) is 0 Å². The maximum absolute atomic E-state index is 12.8. The van der Waals surface area contributed by atoms with Gasteiger partial charge in [0, 0.05) is 12.4 Å². The number of nitrogens with zero attached hydrogens (tertiary/aromatic N) is 2. The number of carbonyl (C=O) groups excluding carboxylic acids is 1. The molecule has 0 bridgehead atoms. The minimum absolute atomic E-state index is 0.0215. The summed E-state index contributed by atoms with van der Waals surface area (Å²) in [6, 6.07) is 11.4. The standard InChI is InChI=1S/C18H22N4OS/c1-13(17-20-14-7-3-4-8-15(14)21-17)19-18(23)16(9-12-24-2)22-10-5-6-11-22/h3-8,10-11,13,16H,9,12H2,1-2H3,(H,19,23)(H,20,21)/t13-,16+/m0/s1. The Hall–Kier alpha value is -2.21. The van der Waals surface area contributed by atoms with Crippen LogP contribution in [0.5, 0.6) is 0 Å². The molecule has 0 fully saturated rings. The average Bonchev–Trinajstić information content (AvgIpc) is 3.24. The van der Waals surface area contributed by atoms with Gasteiger partial charge in [0.1, 0.15) is 11.9 Å². The lowest BCUT2D eigenvalue weighted by Gasteiger charge is -2.20. The second-order valence-corrected chi connectivity index (χ2v) is 6.78. The van der Waals surface area contributed by atoms with Crippen molar-refractivity contribution in [2.75, 3.05) is 12.0 Å². The normalized spacial score (nSPS) is 13.8. The van der Waals surface area contributed by atoms with E-state index in [0.717, 1.165) is 29.0 Å². The summed E-state index contributed by atoms with van der Waals surface area (Å²) in [5, 5.41) is 3.09. The third-order valence-electron chi connectivity index (χ3n) is 4.06. The number of imidazole rings is 1. The summed E-state index contributed by atoms with van der Waals surface area (Å²) < 4.78 is 1.97. The molecule has 126 valence electrons. The molecule has 0 saturated carbocycles. The van der Waals surface area contributed by atoms with Crippen LogP contribution in [0.25, 0.3) is 11.0 Å². The van der Waals surface area contributed by atoms with Gasteiger partial charge < -0.3 is 14.9 Å². The molecule has 5 nitrogen and oxygen atoms in total. The molecule has 0 aliphatic rings. The molecule has 0 radical (unpaired) electrons. The zero-order chi connectivity index (χ0) is 16.9. The Bertz CT molecular complexity index is 763. The Morgan fingerprint density at radius 3 is 2.75 bits per heavy atom. The Balaban J connectivity index is 1.73. The highest BCUT2D eigenvalue weighted by Crippen LogP contribution is 2.19. The van der Waals surface area contributed by atoms with Gasteiger partial charge in [0.2, 0.25) is 5.91 Å². The van der Waals surface area contributed by atoms with Crippen LogP contribution in [0.15, 0.2) is 48.8 Å². The number of hydrogen-bond donors (Lipinski definition) is 2. The van der Waals surface area contributed by atoms with Crippen molar-refractivity contribution in [3.63, 3.8) is 0 Å². The van der Waals surface area contributed by atoms with Gasteiger partial charge in [0.25, 0.3) is 0 Å². The van der Waals surface area contributed by atoms with Crippen LogP contribution in [-0.4, -0.2) is 32.5 Å². The first kappa shape index (κ1) is 16.6. The fourth-order valence-electron chi connectivity index (χ4n) is 2.76. The molecule has 0 spiro atoms. The zero-order valence-electron chi connectivity index (χ0n) is 13.9. The van der Waals surface area contributed by atoms with Crippen molar-refractivity contribution in [1.82, 2.24) is 19.9 Å². The second kappa shape index (κ2) is 7.57. The lowest BCUT2D eigenvalue weighted by molar-refractivity contribution is -0.125. The Labute approximate surface area is 145 Å². The molecule has 0 saturated heterocycles. The molecule has 24 heavy (non-hydrogen) atoms. The second-order valence-electron chi connectivity index (χ2n) is 5.80. The maximum atomic E-state index is 12.8. The molecule has 2 heterocycles. The quantitative estimate of drug-likeness (QED) is 0.690. The first-order chi connectivity index (χ1) is 11.7. The number of amides is 1. The third kappa shape index (κ3) is 3.64. The number of H-pyrrole nitrogens is 1. The van der Waals surface area contributed by atoms with Gasteiger partial charge in [0.05, 0.1) is 17.1 Å². The molecule has 2 N–H and O–H groups in total. The molecule has 1 aromatic carbocycles. The highest BCUT2D eigenvalue weighted by molar-refractivity contribution is 7.98. The number of fused-ring (bicyclic) bond motifs is 1. The van der Waals surface area contributed by atoms with E-state index in [9.17, 15) is 4.79 Å². The topological polar surface area (TPSA) is 62.7 Å². The molecule has 6 heteroatoms. The summed E-state index contributed by atoms with van der Waals surface area (Å²) in [6.07, 6.45) is 6.74. The monoisotopic (exact) mass is 342 g/mol. The Morgan fingerprint density at radius 1 is 1.29 bits per heavy atom. The maximum Gasteiger partial charge on any atom is 0.243 e. The fourth-order valence-corrected chi connectivity index (χ4v) is 3.22. The van der Waals surface area contributed by atoms with Gasteiger partial charge in [-0.25, -0.2) is 4.98 Å². The zero-order valence-corrected chi connectivity index (χ0v) is 14.7. The van der Waals surface area contributed by atoms with Gasteiger partial charge in [-0.3, -0.25) is 4.79 Å². The van der Waals surface area contributed by atoms with Crippen molar-refractivity contribution in [2.45, 2.75) is 25.4 Å². The van der Waals surface area contributed by atoms with E-state index in [2.05, 4.69) is 21.5 Å². The summed E-state index contributed by atoms with van der Waals surface area (Å²) in [4.78, 5) is 20.6. The lowest BCUT2D eigenvalue weighted by atomic mass is 10.2. The van der Waals surface area contributed by atoms with Crippen molar-refractivity contribution in [1.29, 1.82) is 0 Å². The van der Waals surface area contributed by atoms with E-state index in [1.807, 2.05) is 60.3 Å². The molecular formula is C18H22N4OS. The molecule has 0 unspecified atom stereocenters. The van der Waals surface area contributed by atoms with Gasteiger partial charge in [-0.1, -0.05) is 12.1 Å². The van der Waals surface area contributed by atoms with Crippen LogP contribution in [0.3, 0.4) is 0 Å². The molecule has 0 aliphatic heterocycles. The van der Waals surface area contributed by atoms with Crippen molar-refractivity contribution in [3.05, 3.63) is 54.6 Å². The highest BCUT2D eigenvalue weighted by Gasteiger charge is 2.22. The minimum atomic E-state index is -0.195. The van der Waals surface area contributed by atoms with Crippen molar-refractivity contribution < 1.29 is 4.79 Å². The van der Waals surface area contributed by atoms with Crippen LogP contribution >= 0.6 is 11.8 Å². The number of nitrogens with one attached hydrogen (secondary N) is 2. The smallest absolute Gasteiger partial charge is 0.243 e. The molecule has 3 aromatic rings. The number of para-hydroxylation sites is 2.